The fraction of sp³-hybridized carbons (Fsp3) is 0.355. The van der Waals surface area contributed by atoms with Crippen LogP contribution in [0.5, 0.6) is 5.75 Å². The average molecular weight is 534 g/mol. The third kappa shape index (κ3) is 6.74. The molecule has 2 aliphatic rings. The highest BCUT2D eigenvalue weighted by molar-refractivity contribution is 5.94. The summed E-state index contributed by atoms with van der Waals surface area (Å²) in [6, 6.07) is 24.2. The molecule has 0 spiro atoms. The van der Waals surface area contributed by atoms with Gasteiger partial charge in [0.2, 0.25) is 5.91 Å². The van der Waals surface area contributed by atoms with E-state index in [-0.39, 0.29) is 23.5 Å². The predicted molar refractivity (Wildman–Crippen MR) is 147 cm³/mol. The van der Waals surface area contributed by atoms with Crippen LogP contribution in [0.4, 0.5) is 20.2 Å². The Balaban J connectivity index is 1.08. The number of nitrogens with one attached hydrogen (secondary N) is 1. The maximum atomic E-state index is 12.9. The highest BCUT2D eigenvalue weighted by Crippen LogP contribution is 2.30. The smallest absolute Gasteiger partial charge is 0.387 e. The summed E-state index contributed by atoms with van der Waals surface area (Å²) in [7, 11) is 0. The largest absolute Gasteiger partial charge is 0.435 e. The maximum absolute atomic E-state index is 12.9. The van der Waals surface area contributed by atoms with E-state index in [2.05, 4.69) is 39.2 Å². The number of hydrogen-bond acceptors (Lipinski definition) is 4. The summed E-state index contributed by atoms with van der Waals surface area (Å²) in [6.07, 6.45) is 3.35. The van der Waals surface area contributed by atoms with Crippen molar-refractivity contribution in [3.63, 3.8) is 0 Å². The molecule has 0 aromatic heterocycles. The molecule has 2 heterocycles. The number of nitrogens with zero attached hydrogens (tertiary/aromatic N) is 2. The Hall–Kier alpha value is -3.94. The molecule has 0 bridgehead atoms. The molecule has 2 aliphatic heterocycles. The van der Waals surface area contributed by atoms with Crippen LogP contribution in [0.3, 0.4) is 0 Å². The van der Waals surface area contributed by atoms with Crippen molar-refractivity contribution in [2.24, 2.45) is 5.92 Å². The molecule has 8 heteroatoms. The van der Waals surface area contributed by atoms with Crippen molar-refractivity contribution >= 4 is 23.2 Å². The lowest BCUT2D eigenvalue weighted by Gasteiger charge is -2.33. The van der Waals surface area contributed by atoms with Gasteiger partial charge in [-0.3, -0.25) is 9.59 Å². The second kappa shape index (κ2) is 12.3. The van der Waals surface area contributed by atoms with Crippen LogP contribution in [0.15, 0.2) is 78.9 Å². The SMILES string of the molecule is O=C(Nc1ccc(C2CCN(C(=O)c3ccc(OC(F)F)cc3)CC2)cc1)C1CCN(c2ccccc2)CC1. The number of alkyl halides is 2. The van der Waals surface area contributed by atoms with Gasteiger partial charge in [0.25, 0.3) is 5.91 Å². The molecule has 0 radical (unpaired) electrons. The first-order chi connectivity index (χ1) is 19.0. The summed E-state index contributed by atoms with van der Waals surface area (Å²) in [5.41, 5.74) is 3.67. The summed E-state index contributed by atoms with van der Waals surface area (Å²) in [6.45, 7) is 0.110. The molecule has 1 N–H and O–H groups in total. The number of carbonyl (C=O) groups excluding carboxylic acids is 2. The summed E-state index contributed by atoms with van der Waals surface area (Å²) in [4.78, 5) is 29.8. The van der Waals surface area contributed by atoms with Crippen LogP contribution in [-0.4, -0.2) is 49.5 Å². The Labute approximate surface area is 227 Å². The van der Waals surface area contributed by atoms with Crippen molar-refractivity contribution in [3.05, 3.63) is 90.0 Å². The lowest BCUT2D eigenvalue weighted by molar-refractivity contribution is -0.120. The minimum Gasteiger partial charge on any atom is -0.435 e. The number of piperidine rings is 2. The number of likely N-dealkylation sites (tertiary alicyclic amines) is 1. The minimum absolute atomic E-state index is 0.0135. The van der Waals surface area contributed by atoms with E-state index >= 15 is 0 Å². The highest BCUT2D eigenvalue weighted by Gasteiger charge is 2.26. The van der Waals surface area contributed by atoms with Crippen LogP contribution >= 0.6 is 0 Å². The average Bonchev–Trinajstić information content (AvgIpc) is 2.98. The van der Waals surface area contributed by atoms with Crippen molar-refractivity contribution in [3.8, 4) is 5.75 Å². The van der Waals surface area contributed by atoms with Gasteiger partial charge in [-0.1, -0.05) is 30.3 Å². The topological polar surface area (TPSA) is 61.9 Å². The molecule has 39 heavy (non-hydrogen) atoms. The number of para-hydroxylation sites is 1. The second-order valence-corrected chi connectivity index (χ2v) is 10.2. The number of anilines is 2. The Morgan fingerprint density at radius 3 is 2.05 bits per heavy atom. The summed E-state index contributed by atoms with van der Waals surface area (Å²) in [5, 5.41) is 3.09. The number of hydrogen-bond donors (Lipinski definition) is 1. The fourth-order valence-electron chi connectivity index (χ4n) is 5.50. The van der Waals surface area contributed by atoms with Crippen molar-refractivity contribution in [2.75, 3.05) is 36.4 Å². The number of benzene rings is 3. The van der Waals surface area contributed by atoms with Crippen LogP contribution < -0.4 is 15.0 Å². The number of amides is 2. The van der Waals surface area contributed by atoms with Gasteiger partial charge >= 0.3 is 6.61 Å². The Morgan fingerprint density at radius 2 is 1.44 bits per heavy atom. The Morgan fingerprint density at radius 1 is 0.795 bits per heavy atom. The molecular formula is C31H33F2N3O3. The van der Waals surface area contributed by atoms with E-state index in [9.17, 15) is 18.4 Å². The molecule has 3 aromatic carbocycles. The summed E-state index contributed by atoms with van der Waals surface area (Å²) >= 11 is 0. The quantitative estimate of drug-likeness (QED) is 0.395. The van der Waals surface area contributed by atoms with E-state index in [1.807, 2.05) is 30.3 Å². The monoisotopic (exact) mass is 533 g/mol. The molecule has 204 valence electrons. The maximum Gasteiger partial charge on any atom is 0.387 e. The fourth-order valence-corrected chi connectivity index (χ4v) is 5.50. The number of rotatable bonds is 7. The first-order valence-corrected chi connectivity index (χ1v) is 13.5. The van der Waals surface area contributed by atoms with E-state index in [0.717, 1.165) is 44.5 Å². The van der Waals surface area contributed by atoms with Gasteiger partial charge in [-0.05, 0) is 85.7 Å². The normalized spacial score (nSPS) is 16.8. The second-order valence-electron chi connectivity index (χ2n) is 10.2. The standard InChI is InChI=1S/C31H33F2N3O3/c32-31(33)39-28-12-8-25(9-13-28)30(38)36-20-14-23(15-21-36)22-6-10-26(11-7-22)34-29(37)24-16-18-35(19-17-24)27-4-2-1-3-5-27/h1-13,23-24,31H,14-21H2,(H,34,37). The van der Waals surface area contributed by atoms with Gasteiger partial charge in [0, 0.05) is 49.0 Å². The van der Waals surface area contributed by atoms with E-state index in [0.29, 0.717) is 24.6 Å². The van der Waals surface area contributed by atoms with Gasteiger partial charge in [-0.2, -0.15) is 8.78 Å². The van der Waals surface area contributed by atoms with Gasteiger partial charge in [-0.25, -0.2) is 0 Å². The molecule has 0 atom stereocenters. The predicted octanol–water partition coefficient (Wildman–Crippen LogP) is 6.16. The lowest BCUT2D eigenvalue weighted by Crippen LogP contribution is -2.38. The molecule has 2 saturated heterocycles. The van der Waals surface area contributed by atoms with Gasteiger partial charge < -0.3 is 19.9 Å². The minimum atomic E-state index is -2.89. The van der Waals surface area contributed by atoms with Crippen LogP contribution in [0, 0.1) is 5.92 Å². The highest BCUT2D eigenvalue weighted by atomic mass is 19.3. The van der Waals surface area contributed by atoms with Crippen molar-refractivity contribution in [2.45, 2.75) is 38.2 Å². The van der Waals surface area contributed by atoms with Gasteiger partial charge in [0.1, 0.15) is 5.75 Å². The molecular weight excluding hydrogens is 500 g/mol. The first-order valence-electron chi connectivity index (χ1n) is 13.5. The van der Waals surface area contributed by atoms with Crippen LogP contribution in [0.1, 0.15) is 47.5 Å². The number of ether oxygens (including phenoxy) is 1. The summed E-state index contributed by atoms with van der Waals surface area (Å²) < 4.78 is 29.0. The van der Waals surface area contributed by atoms with Crippen LogP contribution in [-0.2, 0) is 4.79 Å². The van der Waals surface area contributed by atoms with Crippen molar-refractivity contribution < 1.29 is 23.1 Å². The summed E-state index contributed by atoms with van der Waals surface area (Å²) in [5.74, 6) is 0.358. The van der Waals surface area contributed by atoms with Gasteiger partial charge in [0.05, 0.1) is 0 Å². The molecule has 0 saturated carbocycles. The van der Waals surface area contributed by atoms with E-state index in [1.165, 1.54) is 35.5 Å². The van der Waals surface area contributed by atoms with E-state index < -0.39 is 6.61 Å². The van der Waals surface area contributed by atoms with Gasteiger partial charge in [-0.15, -0.1) is 0 Å². The third-order valence-corrected chi connectivity index (χ3v) is 7.75. The van der Waals surface area contributed by atoms with Crippen molar-refractivity contribution in [1.82, 2.24) is 4.90 Å². The lowest BCUT2D eigenvalue weighted by atomic mass is 9.89. The Bertz CT molecular complexity index is 1240. The zero-order valence-corrected chi connectivity index (χ0v) is 21.8. The third-order valence-electron chi connectivity index (χ3n) is 7.75. The number of halogens is 2. The van der Waals surface area contributed by atoms with Crippen LogP contribution in [0.25, 0.3) is 0 Å². The first kappa shape index (κ1) is 26.7. The molecule has 0 aliphatic carbocycles. The zero-order chi connectivity index (χ0) is 27.2. The van der Waals surface area contributed by atoms with E-state index in [1.54, 1.807) is 4.90 Å². The Kier molecular flexibility index (Phi) is 8.39. The number of carbonyl (C=O) groups is 2. The molecule has 2 amide bonds. The zero-order valence-electron chi connectivity index (χ0n) is 21.8. The van der Waals surface area contributed by atoms with Gasteiger partial charge in [0.15, 0.2) is 0 Å². The molecule has 0 unspecified atom stereocenters. The van der Waals surface area contributed by atoms with Crippen LogP contribution in [0.2, 0.25) is 0 Å². The molecule has 5 rings (SSSR count). The molecule has 2 fully saturated rings. The molecule has 3 aromatic rings. The van der Waals surface area contributed by atoms with Crippen molar-refractivity contribution in [1.29, 1.82) is 0 Å². The molecule has 6 nitrogen and oxygen atoms in total. The van der Waals surface area contributed by atoms with E-state index in [4.69, 9.17) is 0 Å².